The summed E-state index contributed by atoms with van der Waals surface area (Å²) in [4.78, 5) is 35.8. The lowest BCUT2D eigenvalue weighted by atomic mass is 9.96. The van der Waals surface area contributed by atoms with Crippen molar-refractivity contribution in [3.63, 3.8) is 0 Å². The van der Waals surface area contributed by atoms with Crippen molar-refractivity contribution in [3.8, 4) is 0 Å². The molecular weight excluding hydrogens is 489 g/mol. The number of nitrogens with one attached hydrogen (secondary N) is 1. The van der Waals surface area contributed by atoms with Crippen LogP contribution >= 0.6 is 0 Å². The van der Waals surface area contributed by atoms with Gasteiger partial charge in [-0.3, -0.25) is 9.59 Å². The number of hydrogen-bond acceptors (Lipinski definition) is 6. The molecular formula is C23H30F5N5O3. The number of carbonyl (C=O) groups is 2. The number of alkyl halides is 5. The molecule has 3 heterocycles. The molecule has 13 heteroatoms. The maximum atomic E-state index is 14.3. The van der Waals surface area contributed by atoms with Gasteiger partial charge in [0.25, 0.3) is 5.92 Å². The van der Waals surface area contributed by atoms with E-state index in [1.54, 1.807) is 7.05 Å². The number of fused-ring (bicyclic) bond motifs is 1. The summed E-state index contributed by atoms with van der Waals surface area (Å²) >= 11 is 0. The Bertz CT molecular complexity index is 988. The number of amides is 2. The number of methoxy groups -OCH3 is 1. The number of carbonyl (C=O) groups excluding carboxylic acids is 2. The van der Waals surface area contributed by atoms with Crippen molar-refractivity contribution < 1.29 is 36.3 Å². The number of hydrogen-bond donors (Lipinski definition) is 1. The van der Waals surface area contributed by atoms with Crippen LogP contribution in [0, 0.1) is 0 Å². The maximum Gasteiger partial charge on any atom is 0.433 e. The normalized spacial score (nSPS) is 20.8. The fourth-order valence-corrected chi connectivity index (χ4v) is 4.53. The van der Waals surface area contributed by atoms with Gasteiger partial charge >= 0.3 is 6.18 Å². The predicted octanol–water partition coefficient (Wildman–Crippen LogP) is 2.36. The summed E-state index contributed by atoms with van der Waals surface area (Å²) < 4.78 is 74.4. The Kier molecular flexibility index (Phi) is 8.65. The molecule has 1 N–H and O–H groups in total. The lowest BCUT2D eigenvalue weighted by molar-refractivity contribution is -0.156. The first-order valence-electron chi connectivity index (χ1n) is 11.6. The second-order valence-electron chi connectivity index (χ2n) is 8.90. The van der Waals surface area contributed by atoms with Gasteiger partial charge in [-0.2, -0.15) is 13.2 Å². The first-order valence-corrected chi connectivity index (χ1v) is 11.6. The fraction of sp³-hybridized carbons (Fsp3) is 0.652. The fourth-order valence-electron chi connectivity index (χ4n) is 4.53. The van der Waals surface area contributed by atoms with Gasteiger partial charge in [-0.1, -0.05) is 6.08 Å². The second-order valence-corrected chi connectivity index (χ2v) is 8.90. The van der Waals surface area contributed by atoms with Crippen LogP contribution in [0.1, 0.15) is 42.0 Å². The topological polar surface area (TPSA) is 87.7 Å². The summed E-state index contributed by atoms with van der Waals surface area (Å²) in [5.74, 6) is -3.99. The molecule has 0 radical (unpaired) electrons. The van der Waals surface area contributed by atoms with E-state index in [-0.39, 0.29) is 69.0 Å². The highest BCUT2D eigenvalue weighted by Crippen LogP contribution is 2.35. The number of halogens is 5. The largest absolute Gasteiger partial charge is 0.433 e. The molecule has 2 atom stereocenters. The average Bonchev–Trinajstić information content (AvgIpc) is 2.82. The van der Waals surface area contributed by atoms with Gasteiger partial charge in [0.15, 0.2) is 5.69 Å². The third-order valence-electron chi connectivity index (χ3n) is 6.49. The van der Waals surface area contributed by atoms with Crippen LogP contribution in [0.5, 0.6) is 0 Å². The summed E-state index contributed by atoms with van der Waals surface area (Å²) in [7, 11) is 2.96. The maximum absolute atomic E-state index is 14.3. The molecule has 0 bridgehead atoms. The quantitative estimate of drug-likeness (QED) is 0.398. The summed E-state index contributed by atoms with van der Waals surface area (Å²) in [6.45, 7) is 3.33. The van der Waals surface area contributed by atoms with Crippen molar-refractivity contribution in [2.75, 3.05) is 33.9 Å². The third-order valence-corrected chi connectivity index (χ3v) is 6.49. The van der Waals surface area contributed by atoms with E-state index in [0.29, 0.717) is 0 Å². The highest BCUT2D eigenvalue weighted by molar-refractivity contribution is 5.79. The van der Waals surface area contributed by atoms with E-state index in [1.165, 1.54) is 12.0 Å². The van der Waals surface area contributed by atoms with Crippen LogP contribution in [0.2, 0.25) is 0 Å². The Morgan fingerprint density at radius 1 is 1.33 bits per heavy atom. The Morgan fingerprint density at radius 3 is 2.67 bits per heavy atom. The molecule has 2 aliphatic rings. The zero-order chi connectivity index (χ0) is 26.7. The van der Waals surface area contributed by atoms with E-state index in [4.69, 9.17) is 4.74 Å². The van der Waals surface area contributed by atoms with Crippen molar-refractivity contribution in [3.05, 3.63) is 35.4 Å². The van der Waals surface area contributed by atoms with Crippen LogP contribution in [0.4, 0.5) is 22.0 Å². The summed E-state index contributed by atoms with van der Waals surface area (Å²) in [6, 6.07) is -2.12. The number of nitrogens with zero attached hydrogens (tertiary/aromatic N) is 4. The van der Waals surface area contributed by atoms with Gasteiger partial charge in [0.2, 0.25) is 11.8 Å². The zero-order valence-electron chi connectivity index (χ0n) is 20.2. The molecule has 1 saturated heterocycles. The number of likely N-dealkylation sites (N-methyl/N-ethyl adjacent to an activating group) is 1. The van der Waals surface area contributed by atoms with Gasteiger partial charge in [-0.15, -0.1) is 6.58 Å². The van der Waals surface area contributed by atoms with Crippen LogP contribution < -0.4 is 5.32 Å². The van der Waals surface area contributed by atoms with Crippen LogP contribution in [0.3, 0.4) is 0 Å². The molecule has 0 spiro atoms. The second kappa shape index (κ2) is 11.2. The number of ether oxygens (including phenoxy) is 1. The van der Waals surface area contributed by atoms with E-state index in [2.05, 4.69) is 21.9 Å². The molecule has 0 aliphatic carbocycles. The van der Waals surface area contributed by atoms with Gasteiger partial charge in [0, 0.05) is 57.5 Å². The smallest absolute Gasteiger partial charge is 0.384 e. The molecule has 36 heavy (non-hydrogen) atoms. The molecule has 2 aliphatic heterocycles. The van der Waals surface area contributed by atoms with E-state index in [0.717, 1.165) is 11.0 Å². The van der Waals surface area contributed by atoms with E-state index < -0.39 is 48.1 Å². The standard InChI is InChI=1S/C23H30F5N5O3/c1-4-17-22(24,25)8-5-19(34)33(17)12-14(29-2)11-20(35)32-9-6-15-16(13-32)30-18(7-10-36-3)31-21(15)23(26,27)28/h4,14,17,29H,1,5-13H2,2-3H3/t14-,17?/m0/s1. The minimum Gasteiger partial charge on any atom is -0.384 e. The Balaban J connectivity index is 1.74. The van der Waals surface area contributed by atoms with Gasteiger partial charge in [-0.25, -0.2) is 18.7 Å². The molecule has 8 nitrogen and oxygen atoms in total. The van der Waals surface area contributed by atoms with Gasteiger partial charge in [0.05, 0.1) is 18.8 Å². The van der Waals surface area contributed by atoms with Crippen molar-refractivity contribution >= 4 is 11.8 Å². The first kappa shape index (κ1) is 27.9. The summed E-state index contributed by atoms with van der Waals surface area (Å²) in [6.07, 6.45) is -4.63. The molecule has 2 amide bonds. The van der Waals surface area contributed by atoms with E-state index >= 15 is 0 Å². The minimum atomic E-state index is -4.66. The average molecular weight is 520 g/mol. The summed E-state index contributed by atoms with van der Waals surface area (Å²) in [5.41, 5.74) is -0.909. The Hall–Kier alpha value is -2.67. The van der Waals surface area contributed by atoms with Crippen LogP contribution in [-0.4, -0.2) is 83.4 Å². The minimum absolute atomic E-state index is 0.0228. The number of aromatic nitrogens is 2. The SMILES string of the molecule is C=CC1N(C[C@H](CC(=O)N2CCc3c(nc(CCOC)nc3C(F)(F)F)C2)NC)C(=O)CCC1(F)F. The van der Waals surface area contributed by atoms with E-state index in [9.17, 15) is 31.5 Å². The highest BCUT2D eigenvalue weighted by Gasteiger charge is 2.47. The number of likely N-dealkylation sites (tertiary alicyclic amines) is 1. The van der Waals surface area contributed by atoms with Crippen LogP contribution in [0.15, 0.2) is 12.7 Å². The zero-order valence-corrected chi connectivity index (χ0v) is 20.2. The van der Waals surface area contributed by atoms with Gasteiger partial charge in [0.1, 0.15) is 11.9 Å². The first-order chi connectivity index (χ1) is 16.9. The molecule has 1 aromatic heterocycles. The van der Waals surface area contributed by atoms with Gasteiger partial charge in [-0.05, 0) is 13.5 Å². The van der Waals surface area contributed by atoms with Crippen molar-refractivity contribution in [2.24, 2.45) is 0 Å². The summed E-state index contributed by atoms with van der Waals surface area (Å²) in [5, 5.41) is 2.88. The molecule has 0 aromatic carbocycles. The Morgan fingerprint density at radius 2 is 2.06 bits per heavy atom. The number of rotatable bonds is 9. The molecule has 0 saturated carbocycles. The molecule has 3 rings (SSSR count). The molecule has 1 fully saturated rings. The molecule has 1 unspecified atom stereocenters. The predicted molar refractivity (Wildman–Crippen MR) is 119 cm³/mol. The van der Waals surface area contributed by atoms with Crippen molar-refractivity contribution in [1.29, 1.82) is 0 Å². The Labute approximate surface area is 205 Å². The van der Waals surface area contributed by atoms with Crippen molar-refractivity contribution in [1.82, 2.24) is 25.1 Å². The number of piperidine rings is 1. The lowest BCUT2D eigenvalue weighted by Crippen LogP contribution is -2.57. The molecule has 200 valence electrons. The highest BCUT2D eigenvalue weighted by atomic mass is 19.4. The van der Waals surface area contributed by atoms with Gasteiger partial charge < -0.3 is 19.9 Å². The molecule has 1 aromatic rings. The van der Waals surface area contributed by atoms with Crippen LogP contribution in [0.25, 0.3) is 0 Å². The lowest BCUT2D eigenvalue weighted by Gasteiger charge is -2.41. The third kappa shape index (κ3) is 6.17. The monoisotopic (exact) mass is 519 g/mol. The van der Waals surface area contributed by atoms with Crippen molar-refractivity contribution in [2.45, 2.75) is 62.8 Å². The van der Waals surface area contributed by atoms with Crippen LogP contribution in [-0.2, 0) is 39.9 Å². The van der Waals surface area contributed by atoms with E-state index in [1.807, 2.05) is 0 Å².